The predicted octanol–water partition coefficient (Wildman–Crippen LogP) is 5.26. The van der Waals surface area contributed by atoms with Gasteiger partial charge in [0.15, 0.2) is 17.4 Å². The van der Waals surface area contributed by atoms with Gasteiger partial charge in [-0.25, -0.2) is 21.6 Å². The molecule has 4 rings (SSSR count). The first-order valence-corrected chi connectivity index (χ1v) is 10.8. The second kappa shape index (κ2) is 8.07. The van der Waals surface area contributed by atoms with Gasteiger partial charge in [0.1, 0.15) is 10.7 Å². The quantitative estimate of drug-likeness (QED) is 0.527. The van der Waals surface area contributed by atoms with Gasteiger partial charge >= 0.3 is 0 Å². The normalized spacial score (nSPS) is 15.0. The van der Waals surface area contributed by atoms with Crippen LogP contribution in [0.2, 0.25) is 5.02 Å². The maximum absolute atomic E-state index is 14.5. The van der Waals surface area contributed by atoms with E-state index >= 15 is 0 Å². The van der Waals surface area contributed by atoms with E-state index in [-0.39, 0.29) is 40.0 Å². The van der Waals surface area contributed by atoms with E-state index in [2.05, 4.69) is 0 Å². The Hall–Kier alpha value is -2.75. The highest BCUT2D eigenvalue weighted by atomic mass is 35.5. The zero-order valence-electron chi connectivity index (χ0n) is 16.0. The van der Waals surface area contributed by atoms with Gasteiger partial charge in [0.05, 0.1) is 31.0 Å². The van der Waals surface area contributed by atoms with E-state index in [4.69, 9.17) is 21.1 Å². The van der Waals surface area contributed by atoms with Crippen LogP contribution in [0.5, 0.6) is 5.75 Å². The van der Waals surface area contributed by atoms with Crippen molar-refractivity contribution in [2.45, 2.75) is 18.1 Å². The molecule has 0 aromatic heterocycles. The van der Waals surface area contributed by atoms with E-state index < -0.39 is 33.2 Å². The fourth-order valence-corrected chi connectivity index (χ4v) is 5.01. The molecule has 0 unspecified atom stereocenters. The van der Waals surface area contributed by atoms with Gasteiger partial charge in [-0.1, -0.05) is 17.7 Å². The van der Waals surface area contributed by atoms with Crippen molar-refractivity contribution in [3.8, 4) is 16.9 Å². The zero-order valence-corrected chi connectivity index (χ0v) is 17.6. The molecular weight excluding hydrogens is 455 g/mol. The van der Waals surface area contributed by atoms with Crippen LogP contribution in [-0.2, 0) is 28.0 Å². The molecule has 0 aliphatic carbocycles. The van der Waals surface area contributed by atoms with Crippen molar-refractivity contribution in [3.63, 3.8) is 0 Å². The van der Waals surface area contributed by atoms with E-state index in [0.717, 1.165) is 18.2 Å². The molecule has 0 fully saturated rings. The third-order valence-corrected chi connectivity index (χ3v) is 6.40. The number of methoxy groups -OCH3 is 1. The van der Waals surface area contributed by atoms with Crippen molar-refractivity contribution in [2.24, 2.45) is 0 Å². The largest absolute Gasteiger partial charge is 0.494 e. The number of ether oxygens (including phenoxy) is 2. The van der Waals surface area contributed by atoms with Crippen LogP contribution in [0.25, 0.3) is 11.1 Å². The highest BCUT2D eigenvalue weighted by Gasteiger charge is 2.26. The summed E-state index contributed by atoms with van der Waals surface area (Å²) in [6, 6.07) is 8.52. The average Bonchev–Trinajstić information content (AvgIpc) is 2.71. The van der Waals surface area contributed by atoms with Crippen molar-refractivity contribution in [2.75, 3.05) is 11.8 Å². The monoisotopic (exact) mass is 469 g/mol. The Bertz CT molecular complexity index is 1300. The molecule has 0 saturated heterocycles. The Morgan fingerprint density at radius 1 is 1.06 bits per heavy atom. The number of anilines is 1. The summed E-state index contributed by atoms with van der Waals surface area (Å²) in [5, 5.41) is 0.00159. The third kappa shape index (κ3) is 4.08. The topological polar surface area (TPSA) is 64.6 Å². The smallest absolute Gasteiger partial charge is 0.265 e. The number of fused-ring (bicyclic) bond motifs is 6. The first-order valence-electron chi connectivity index (χ1n) is 8.94. The van der Waals surface area contributed by atoms with Crippen LogP contribution in [0.15, 0.2) is 47.4 Å². The Labute approximate surface area is 181 Å². The molecule has 0 atom stereocenters. The fraction of sp³-hybridized carbons (Fsp3) is 0.143. The van der Waals surface area contributed by atoms with Crippen molar-refractivity contribution in [1.82, 2.24) is 0 Å². The summed E-state index contributed by atoms with van der Waals surface area (Å²) in [6.45, 7) is -0.0214. The highest BCUT2D eigenvalue weighted by Crippen LogP contribution is 2.37. The molecule has 1 aliphatic rings. The van der Waals surface area contributed by atoms with Gasteiger partial charge in [-0.15, -0.1) is 0 Å². The molecule has 0 radical (unpaired) electrons. The molecule has 1 N–H and O–H groups in total. The van der Waals surface area contributed by atoms with Crippen LogP contribution in [0, 0.1) is 17.5 Å². The highest BCUT2D eigenvalue weighted by molar-refractivity contribution is 7.92. The molecule has 10 heteroatoms. The molecule has 1 heterocycles. The molecule has 31 heavy (non-hydrogen) atoms. The number of hydrogen-bond acceptors (Lipinski definition) is 4. The van der Waals surface area contributed by atoms with E-state index in [1.807, 2.05) is 4.72 Å². The molecule has 0 spiro atoms. The molecule has 4 bridgehead atoms. The van der Waals surface area contributed by atoms with Gasteiger partial charge in [-0.3, -0.25) is 4.72 Å². The van der Waals surface area contributed by atoms with Crippen LogP contribution in [0.4, 0.5) is 18.9 Å². The van der Waals surface area contributed by atoms with Gasteiger partial charge in [-0.2, -0.15) is 0 Å². The van der Waals surface area contributed by atoms with Crippen molar-refractivity contribution in [3.05, 3.63) is 76.1 Å². The lowest BCUT2D eigenvalue weighted by Crippen LogP contribution is -2.16. The van der Waals surface area contributed by atoms with Gasteiger partial charge in [0.2, 0.25) is 0 Å². The van der Waals surface area contributed by atoms with Gasteiger partial charge in [0, 0.05) is 0 Å². The first-order chi connectivity index (χ1) is 14.7. The van der Waals surface area contributed by atoms with Crippen molar-refractivity contribution in [1.29, 1.82) is 0 Å². The summed E-state index contributed by atoms with van der Waals surface area (Å²) in [4.78, 5) is -0.367. The van der Waals surface area contributed by atoms with Gasteiger partial charge < -0.3 is 9.47 Å². The van der Waals surface area contributed by atoms with Crippen LogP contribution < -0.4 is 9.46 Å². The fourth-order valence-electron chi connectivity index (χ4n) is 3.34. The summed E-state index contributed by atoms with van der Waals surface area (Å²) in [7, 11) is -3.21. The third-order valence-electron chi connectivity index (χ3n) is 4.74. The molecule has 162 valence electrons. The number of rotatable bonds is 1. The maximum atomic E-state index is 14.5. The molecule has 0 saturated carbocycles. The van der Waals surface area contributed by atoms with E-state index in [1.54, 1.807) is 0 Å². The minimum atomic E-state index is -4.44. The van der Waals surface area contributed by atoms with E-state index in [9.17, 15) is 21.6 Å². The Kier molecular flexibility index (Phi) is 5.59. The summed E-state index contributed by atoms with van der Waals surface area (Å²) < 4.78 is 81.7. The molecule has 3 aromatic carbocycles. The molecular formula is C21H15ClF3NO4S. The lowest BCUT2D eigenvalue weighted by Gasteiger charge is -2.15. The van der Waals surface area contributed by atoms with E-state index in [0.29, 0.717) is 11.1 Å². The second-order valence-corrected chi connectivity index (χ2v) is 8.89. The van der Waals surface area contributed by atoms with Gasteiger partial charge in [-0.05, 0) is 58.7 Å². The minimum Gasteiger partial charge on any atom is -0.494 e. The molecule has 3 aromatic rings. The SMILES string of the molecule is COc1c(Cl)cc2cc1S(=O)(=O)Nc1cc(cc(F)c1F)-c1cc(F)ccc1COC2. The number of halogens is 4. The van der Waals surface area contributed by atoms with Crippen LogP contribution in [-0.4, -0.2) is 15.5 Å². The van der Waals surface area contributed by atoms with Crippen LogP contribution in [0.3, 0.4) is 0 Å². The lowest BCUT2D eigenvalue weighted by atomic mass is 9.99. The maximum Gasteiger partial charge on any atom is 0.265 e. The van der Waals surface area contributed by atoms with Crippen molar-refractivity contribution >= 4 is 27.3 Å². The molecule has 0 amide bonds. The number of hydrogen-bond donors (Lipinski definition) is 1. The summed E-state index contributed by atoms with van der Waals surface area (Å²) >= 11 is 6.17. The summed E-state index contributed by atoms with van der Waals surface area (Å²) in [5.74, 6) is -3.47. The molecule has 1 aliphatic heterocycles. The lowest BCUT2D eigenvalue weighted by molar-refractivity contribution is 0.107. The zero-order chi connectivity index (χ0) is 22.3. The number of benzene rings is 3. The Morgan fingerprint density at radius 3 is 2.58 bits per heavy atom. The van der Waals surface area contributed by atoms with Crippen molar-refractivity contribution < 1.29 is 31.1 Å². The standard InChI is InChI=1S/C21H15ClF3NO4S/c1-29-21-16(22)4-11-5-19(21)31(27,28)26-18-7-13(6-17(24)20(18)25)15-8-14(23)3-2-12(15)10-30-9-11/h2-8,26H,9-10H2,1H3. The summed E-state index contributed by atoms with van der Waals surface area (Å²) in [6.07, 6.45) is 0. The van der Waals surface area contributed by atoms with Gasteiger partial charge in [0.25, 0.3) is 10.0 Å². The Balaban J connectivity index is 1.99. The summed E-state index contributed by atoms with van der Waals surface area (Å²) in [5.41, 5.74) is 0.577. The average molecular weight is 470 g/mol. The second-order valence-electron chi connectivity index (χ2n) is 6.83. The van der Waals surface area contributed by atoms with Crippen LogP contribution in [0.1, 0.15) is 11.1 Å². The van der Waals surface area contributed by atoms with Crippen LogP contribution >= 0.6 is 11.6 Å². The predicted molar refractivity (Wildman–Crippen MR) is 109 cm³/mol. The Morgan fingerprint density at radius 2 is 1.84 bits per heavy atom. The van der Waals surface area contributed by atoms with E-state index in [1.165, 1.54) is 31.4 Å². The number of nitrogens with one attached hydrogen (secondary N) is 1. The first kappa shape index (κ1) is 21.5. The number of sulfonamides is 1. The minimum absolute atomic E-state index is 0.00159. The molecule has 5 nitrogen and oxygen atoms in total.